The van der Waals surface area contributed by atoms with Crippen molar-refractivity contribution in [3.05, 3.63) is 33.9 Å². The molecule has 2 N–H and O–H groups in total. The molecule has 1 aromatic rings. The van der Waals surface area contributed by atoms with Crippen LogP contribution in [0.2, 0.25) is 0 Å². The van der Waals surface area contributed by atoms with E-state index in [1.165, 1.54) is 6.07 Å². The minimum atomic E-state index is -0.515. The Bertz CT molecular complexity index is 547. The van der Waals surface area contributed by atoms with Crippen molar-refractivity contribution in [3.63, 3.8) is 0 Å². The smallest absolute Gasteiger partial charge is 0.293 e. The van der Waals surface area contributed by atoms with E-state index in [1.54, 1.807) is 17.0 Å². The second-order valence-corrected chi connectivity index (χ2v) is 5.07. The Balaban J connectivity index is 2.25. The second-order valence-electron chi connectivity index (χ2n) is 5.07. The lowest BCUT2D eigenvalue weighted by atomic mass is 10.1. The number of carbonyl (C=O) groups excluding carboxylic acids is 1. The normalized spacial score (nSPS) is 18.4. The van der Waals surface area contributed by atoms with Crippen LogP contribution in [0.4, 0.5) is 11.4 Å². The van der Waals surface area contributed by atoms with Gasteiger partial charge in [-0.25, -0.2) is 0 Å². The number of aliphatic hydroxyl groups excluding tert-OH is 1. The van der Waals surface area contributed by atoms with Gasteiger partial charge in [0.15, 0.2) is 0 Å². The first-order chi connectivity index (χ1) is 10.0. The molecule has 1 heterocycles. The third-order valence-electron chi connectivity index (χ3n) is 3.49. The number of aliphatic hydroxyl groups is 1. The number of nitrogens with zero attached hydrogens (tertiary/aromatic N) is 2. The van der Waals surface area contributed by atoms with E-state index < -0.39 is 11.0 Å². The van der Waals surface area contributed by atoms with Gasteiger partial charge in [0.1, 0.15) is 5.69 Å². The SMILES string of the molecule is CCNc1ccc(C(=O)N2CCCC(O)C2)cc1[N+](=O)[O-]. The average Bonchev–Trinajstić information content (AvgIpc) is 2.47. The third-order valence-corrected chi connectivity index (χ3v) is 3.49. The average molecular weight is 293 g/mol. The Morgan fingerprint density at radius 3 is 2.95 bits per heavy atom. The van der Waals surface area contributed by atoms with Crippen LogP contribution in [0.15, 0.2) is 18.2 Å². The number of nitro benzene ring substituents is 1. The first-order valence-corrected chi connectivity index (χ1v) is 7.02. The molecule has 1 amide bonds. The van der Waals surface area contributed by atoms with E-state index >= 15 is 0 Å². The van der Waals surface area contributed by atoms with Gasteiger partial charge in [0.05, 0.1) is 11.0 Å². The van der Waals surface area contributed by atoms with Crippen LogP contribution in [0.25, 0.3) is 0 Å². The van der Waals surface area contributed by atoms with Crippen molar-refractivity contribution in [1.82, 2.24) is 4.90 Å². The zero-order chi connectivity index (χ0) is 15.4. The summed E-state index contributed by atoms with van der Waals surface area (Å²) in [6.45, 7) is 3.25. The molecule has 7 nitrogen and oxygen atoms in total. The summed E-state index contributed by atoms with van der Waals surface area (Å²) in [5, 5.41) is 23.6. The van der Waals surface area contributed by atoms with E-state index in [1.807, 2.05) is 6.92 Å². The van der Waals surface area contributed by atoms with Crippen LogP contribution in [-0.2, 0) is 0 Å². The number of benzene rings is 1. The maximum absolute atomic E-state index is 12.4. The van der Waals surface area contributed by atoms with Gasteiger partial charge in [-0.3, -0.25) is 14.9 Å². The van der Waals surface area contributed by atoms with E-state index in [9.17, 15) is 20.0 Å². The number of nitrogens with one attached hydrogen (secondary N) is 1. The number of hydrogen-bond acceptors (Lipinski definition) is 5. The van der Waals surface area contributed by atoms with E-state index in [-0.39, 0.29) is 23.7 Å². The minimum Gasteiger partial charge on any atom is -0.391 e. The number of anilines is 1. The van der Waals surface area contributed by atoms with E-state index in [0.29, 0.717) is 25.2 Å². The fraction of sp³-hybridized carbons (Fsp3) is 0.500. The molecule has 21 heavy (non-hydrogen) atoms. The Morgan fingerprint density at radius 1 is 1.57 bits per heavy atom. The molecule has 7 heteroatoms. The number of rotatable bonds is 4. The van der Waals surface area contributed by atoms with Crippen LogP contribution in [-0.4, -0.2) is 46.6 Å². The van der Waals surface area contributed by atoms with Crippen molar-refractivity contribution in [2.75, 3.05) is 25.0 Å². The quantitative estimate of drug-likeness (QED) is 0.649. The summed E-state index contributed by atoms with van der Waals surface area (Å²) in [7, 11) is 0. The standard InChI is InChI=1S/C14H19N3O4/c1-2-15-12-6-5-10(8-13(12)17(20)21)14(19)16-7-3-4-11(18)9-16/h5-6,8,11,15,18H,2-4,7,9H2,1H3. The number of carbonyl (C=O) groups is 1. The van der Waals surface area contributed by atoms with Crippen molar-refractivity contribution in [2.24, 2.45) is 0 Å². The van der Waals surface area contributed by atoms with Gasteiger partial charge in [0, 0.05) is 31.3 Å². The van der Waals surface area contributed by atoms with Crippen molar-refractivity contribution in [3.8, 4) is 0 Å². The molecule has 2 rings (SSSR count). The van der Waals surface area contributed by atoms with Crippen LogP contribution in [0.5, 0.6) is 0 Å². The highest BCUT2D eigenvalue weighted by molar-refractivity contribution is 5.95. The fourth-order valence-corrected chi connectivity index (χ4v) is 2.48. The monoisotopic (exact) mass is 293 g/mol. The molecule has 1 aromatic carbocycles. The first kappa shape index (κ1) is 15.2. The van der Waals surface area contributed by atoms with Gasteiger partial charge in [-0.05, 0) is 31.9 Å². The molecule has 0 radical (unpaired) electrons. The molecule has 1 fully saturated rings. The molecule has 0 aromatic heterocycles. The van der Waals surface area contributed by atoms with Gasteiger partial charge in [0.25, 0.3) is 11.6 Å². The number of amides is 1. The summed E-state index contributed by atoms with van der Waals surface area (Å²) in [5.41, 5.74) is 0.565. The maximum atomic E-state index is 12.4. The highest BCUT2D eigenvalue weighted by Gasteiger charge is 2.25. The maximum Gasteiger partial charge on any atom is 0.293 e. The molecule has 1 aliphatic rings. The highest BCUT2D eigenvalue weighted by atomic mass is 16.6. The zero-order valence-corrected chi connectivity index (χ0v) is 11.9. The van der Waals surface area contributed by atoms with Crippen molar-refractivity contribution in [1.29, 1.82) is 0 Å². The van der Waals surface area contributed by atoms with E-state index in [0.717, 1.165) is 6.42 Å². The Morgan fingerprint density at radius 2 is 2.33 bits per heavy atom. The molecule has 1 atom stereocenters. The number of likely N-dealkylation sites (tertiary alicyclic amines) is 1. The predicted octanol–water partition coefficient (Wildman–Crippen LogP) is 1.62. The van der Waals surface area contributed by atoms with Crippen LogP contribution in [0.1, 0.15) is 30.1 Å². The summed E-state index contributed by atoms with van der Waals surface area (Å²) in [5.74, 6) is -0.278. The first-order valence-electron chi connectivity index (χ1n) is 7.02. The Labute approximate surface area is 122 Å². The molecule has 0 aliphatic carbocycles. The van der Waals surface area contributed by atoms with Gasteiger partial charge in [0.2, 0.25) is 0 Å². The number of piperidine rings is 1. The summed E-state index contributed by atoms with van der Waals surface area (Å²) < 4.78 is 0. The van der Waals surface area contributed by atoms with Gasteiger partial charge >= 0.3 is 0 Å². The minimum absolute atomic E-state index is 0.111. The van der Waals surface area contributed by atoms with Crippen molar-refractivity contribution in [2.45, 2.75) is 25.9 Å². The molecular weight excluding hydrogens is 274 g/mol. The molecule has 1 aliphatic heterocycles. The Kier molecular flexibility index (Phi) is 4.74. The lowest BCUT2D eigenvalue weighted by molar-refractivity contribution is -0.384. The second kappa shape index (κ2) is 6.53. The lowest BCUT2D eigenvalue weighted by Gasteiger charge is -2.30. The lowest BCUT2D eigenvalue weighted by Crippen LogP contribution is -2.42. The number of β-amino-alcohol motifs (C(OH)–C–C–N with tert-alkyl or cyclic N) is 1. The summed E-state index contributed by atoms with van der Waals surface area (Å²) in [6, 6.07) is 4.42. The van der Waals surface area contributed by atoms with Crippen molar-refractivity contribution < 1.29 is 14.8 Å². The van der Waals surface area contributed by atoms with Gasteiger partial charge in [-0.15, -0.1) is 0 Å². The summed E-state index contributed by atoms with van der Waals surface area (Å²) in [4.78, 5) is 24.5. The molecule has 0 bridgehead atoms. The highest BCUT2D eigenvalue weighted by Crippen LogP contribution is 2.26. The summed E-state index contributed by atoms with van der Waals surface area (Å²) >= 11 is 0. The Hall–Kier alpha value is -2.15. The third kappa shape index (κ3) is 3.49. The number of nitro groups is 1. The van der Waals surface area contributed by atoms with E-state index in [2.05, 4.69) is 5.32 Å². The van der Waals surface area contributed by atoms with Gasteiger partial charge < -0.3 is 15.3 Å². The van der Waals surface area contributed by atoms with Crippen molar-refractivity contribution >= 4 is 17.3 Å². The molecule has 114 valence electrons. The zero-order valence-electron chi connectivity index (χ0n) is 11.9. The van der Waals surface area contributed by atoms with Crippen LogP contribution in [0.3, 0.4) is 0 Å². The molecular formula is C14H19N3O4. The fourth-order valence-electron chi connectivity index (χ4n) is 2.48. The molecule has 1 unspecified atom stereocenters. The topological polar surface area (TPSA) is 95.7 Å². The van der Waals surface area contributed by atoms with E-state index in [4.69, 9.17) is 0 Å². The van der Waals surface area contributed by atoms with Gasteiger partial charge in [-0.2, -0.15) is 0 Å². The summed E-state index contributed by atoms with van der Waals surface area (Å²) in [6.07, 6.45) is 0.909. The van der Waals surface area contributed by atoms with Gasteiger partial charge in [-0.1, -0.05) is 0 Å². The predicted molar refractivity (Wildman–Crippen MR) is 78.4 cm³/mol. The molecule has 0 spiro atoms. The molecule has 0 saturated carbocycles. The van der Waals surface area contributed by atoms with Crippen LogP contribution < -0.4 is 5.32 Å². The van der Waals surface area contributed by atoms with Crippen LogP contribution >= 0.6 is 0 Å². The largest absolute Gasteiger partial charge is 0.391 e. The molecule has 1 saturated heterocycles. The number of hydrogen-bond donors (Lipinski definition) is 2. The van der Waals surface area contributed by atoms with Crippen LogP contribution in [0, 0.1) is 10.1 Å².